The van der Waals surface area contributed by atoms with Crippen LogP contribution in [-0.4, -0.2) is 6.04 Å². The average Bonchev–Trinajstić information content (AvgIpc) is 2.36. The number of fused-ring (bicyclic) bond motifs is 1. The van der Waals surface area contributed by atoms with Gasteiger partial charge in [-0.05, 0) is 49.1 Å². The van der Waals surface area contributed by atoms with Crippen LogP contribution < -0.4 is 11.3 Å². The average molecular weight is 218 g/mol. The highest BCUT2D eigenvalue weighted by molar-refractivity contribution is 5.32. The maximum atomic E-state index is 5.57. The Morgan fingerprint density at radius 1 is 1.44 bits per heavy atom. The zero-order valence-electron chi connectivity index (χ0n) is 10.1. The number of nitrogens with two attached hydrogens (primary N) is 1. The van der Waals surface area contributed by atoms with Crippen LogP contribution in [0.1, 0.15) is 49.7 Å². The summed E-state index contributed by atoms with van der Waals surface area (Å²) in [4.78, 5) is 0. The topological polar surface area (TPSA) is 38.0 Å². The van der Waals surface area contributed by atoms with E-state index < -0.39 is 0 Å². The van der Waals surface area contributed by atoms with Crippen LogP contribution in [0.15, 0.2) is 24.3 Å². The Kier molecular flexibility index (Phi) is 3.97. The molecule has 2 unspecified atom stereocenters. The molecule has 1 aliphatic carbocycles. The van der Waals surface area contributed by atoms with E-state index in [1.54, 1.807) is 11.1 Å². The van der Waals surface area contributed by atoms with Crippen LogP contribution >= 0.6 is 0 Å². The van der Waals surface area contributed by atoms with Gasteiger partial charge in [-0.25, -0.2) is 0 Å². The van der Waals surface area contributed by atoms with Crippen LogP contribution in [0.5, 0.6) is 0 Å². The van der Waals surface area contributed by atoms with Crippen LogP contribution in [0, 0.1) is 0 Å². The van der Waals surface area contributed by atoms with Gasteiger partial charge in [-0.3, -0.25) is 11.3 Å². The van der Waals surface area contributed by atoms with Crippen molar-refractivity contribution in [3.05, 3.63) is 35.4 Å². The van der Waals surface area contributed by atoms with Crippen LogP contribution in [0.2, 0.25) is 0 Å². The van der Waals surface area contributed by atoms with E-state index in [1.807, 2.05) is 0 Å². The summed E-state index contributed by atoms with van der Waals surface area (Å²) >= 11 is 0. The minimum absolute atomic E-state index is 0.455. The van der Waals surface area contributed by atoms with Gasteiger partial charge in [0, 0.05) is 6.04 Å². The predicted octanol–water partition coefficient (Wildman–Crippen LogP) is 2.74. The Morgan fingerprint density at radius 3 is 3.00 bits per heavy atom. The molecule has 0 bridgehead atoms. The second-order valence-electron chi connectivity index (χ2n) is 4.80. The van der Waals surface area contributed by atoms with E-state index in [0.29, 0.717) is 12.0 Å². The Labute approximate surface area is 98.2 Å². The van der Waals surface area contributed by atoms with E-state index in [1.165, 1.54) is 25.7 Å². The van der Waals surface area contributed by atoms with Gasteiger partial charge in [0.1, 0.15) is 0 Å². The van der Waals surface area contributed by atoms with E-state index in [4.69, 9.17) is 5.84 Å². The number of hydrogen-bond acceptors (Lipinski definition) is 2. The molecular weight excluding hydrogens is 196 g/mol. The Bertz CT molecular complexity index is 331. The van der Waals surface area contributed by atoms with Crippen molar-refractivity contribution in [1.29, 1.82) is 0 Å². The van der Waals surface area contributed by atoms with Gasteiger partial charge in [0.15, 0.2) is 0 Å². The summed E-state index contributed by atoms with van der Waals surface area (Å²) in [5, 5.41) is 0. The molecule has 0 amide bonds. The maximum Gasteiger partial charge on any atom is 0.0213 e. The minimum Gasteiger partial charge on any atom is -0.271 e. The molecule has 0 heterocycles. The van der Waals surface area contributed by atoms with Gasteiger partial charge in [-0.1, -0.05) is 31.2 Å². The monoisotopic (exact) mass is 218 g/mol. The lowest BCUT2D eigenvalue weighted by atomic mass is 9.79. The summed E-state index contributed by atoms with van der Waals surface area (Å²) < 4.78 is 0. The van der Waals surface area contributed by atoms with Gasteiger partial charge in [0.25, 0.3) is 0 Å². The maximum absolute atomic E-state index is 5.57. The van der Waals surface area contributed by atoms with Crippen molar-refractivity contribution in [2.24, 2.45) is 5.84 Å². The highest BCUT2D eigenvalue weighted by Gasteiger charge is 2.21. The van der Waals surface area contributed by atoms with E-state index in [0.717, 1.165) is 6.42 Å². The number of nitrogens with one attached hydrogen (secondary N) is 1. The molecule has 0 aromatic heterocycles. The molecule has 2 atom stereocenters. The molecule has 3 N–H and O–H groups in total. The molecule has 0 aliphatic heterocycles. The smallest absolute Gasteiger partial charge is 0.0213 e. The van der Waals surface area contributed by atoms with Crippen molar-refractivity contribution in [1.82, 2.24) is 5.43 Å². The fourth-order valence-electron chi connectivity index (χ4n) is 2.80. The van der Waals surface area contributed by atoms with Crippen LogP contribution in [0.4, 0.5) is 0 Å². The molecule has 1 aromatic carbocycles. The van der Waals surface area contributed by atoms with Crippen molar-refractivity contribution in [3.8, 4) is 0 Å². The first-order valence-corrected chi connectivity index (χ1v) is 6.39. The Morgan fingerprint density at radius 2 is 2.25 bits per heavy atom. The second-order valence-corrected chi connectivity index (χ2v) is 4.80. The first-order valence-electron chi connectivity index (χ1n) is 6.39. The summed E-state index contributed by atoms with van der Waals surface area (Å²) in [5.41, 5.74) is 6.03. The van der Waals surface area contributed by atoms with Crippen molar-refractivity contribution in [3.63, 3.8) is 0 Å². The van der Waals surface area contributed by atoms with Crippen LogP contribution in [-0.2, 0) is 6.42 Å². The summed E-state index contributed by atoms with van der Waals surface area (Å²) in [6.45, 7) is 2.19. The lowest BCUT2D eigenvalue weighted by molar-refractivity contribution is 0.408. The lowest BCUT2D eigenvalue weighted by Crippen LogP contribution is -2.36. The SMILES string of the molecule is CCC(CC1CCCc2ccccc21)NN. The quantitative estimate of drug-likeness (QED) is 0.602. The third kappa shape index (κ3) is 2.45. The summed E-state index contributed by atoms with van der Waals surface area (Å²) in [6, 6.07) is 9.34. The molecule has 0 saturated heterocycles. The van der Waals surface area contributed by atoms with Gasteiger partial charge in [-0.15, -0.1) is 0 Å². The standard InChI is InChI=1S/C14H22N2/c1-2-13(16-15)10-12-8-5-7-11-6-3-4-9-14(11)12/h3-4,6,9,12-13,16H,2,5,7-8,10,15H2,1H3. The molecule has 0 spiro atoms. The first kappa shape index (κ1) is 11.6. The van der Waals surface area contributed by atoms with Gasteiger partial charge in [0.05, 0.1) is 0 Å². The van der Waals surface area contributed by atoms with Crippen molar-refractivity contribution < 1.29 is 0 Å². The molecule has 88 valence electrons. The molecule has 16 heavy (non-hydrogen) atoms. The molecule has 0 saturated carbocycles. The van der Waals surface area contributed by atoms with E-state index in [-0.39, 0.29) is 0 Å². The summed E-state index contributed by atoms with van der Waals surface area (Å²) in [6.07, 6.45) is 6.16. The zero-order chi connectivity index (χ0) is 11.4. The number of benzene rings is 1. The zero-order valence-corrected chi connectivity index (χ0v) is 10.1. The molecular formula is C14H22N2. The Hall–Kier alpha value is -0.860. The van der Waals surface area contributed by atoms with Gasteiger partial charge in [0.2, 0.25) is 0 Å². The number of hydrogen-bond donors (Lipinski definition) is 2. The lowest BCUT2D eigenvalue weighted by Gasteiger charge is -2.28. The fraction of sp³-hybridized carbons (Fsp3) is 0.571. The predicted molar refractivity (Wildman–Crippen MR) is 68.1 cm³/mol. The second kappa shape index (κ2) is 5.46. The Balaban J connectivity index is 2.12. The van der Waals surface area contributed by atoms with Gasteiger partial charge >= 0.3 is 0 Å². The number of rotatable bonds is 4. The largest absolute Gasteiger partial charge is 0.271 e. The molecule has 2 nitrogen and oxygen atoms in total. The van der Waals surface area contributed by atoms with Crippen molar-refractivity contribution in [2.45, 2.75) is 51.0 Å². The first-order chi connectivity index (χ1) is 7.85. The van der Waals surface area contributed by atoms with Crippen LogP contribution in [0.3, 0.4) is 0 Å². The van der Waals surface area contributed by atoms with E-state index >= 15 is 0 Å². The molecule has 0 radical (unpaired) electrons. The van der Waals surface area contributed by atoms with E-state index in [2.05, 4.69) is 36.6 Å². The minimum atomic E-state index is 0.455. The third-order valence-electron chi connectivity index (χ3n) is 3.79. The van der Waals surface area contributed by atoms with Crippen molar-refractivity contribution >= 4 is 0 Å². The molecule has 0 fully saturated rings. The van der Waals surface area contributed by atoms with Crippen LogP contribution in [0.25, 0.3) is 0 Å². The summed E-state index contributed by atoms with van der Waals surface area (Å²) in [5.74, 6) is 6.27. The molecule has 1 aliphatic rings. The normalized spacial score (nSPS) is 21.5. The number of aryl methyl sites for hydroxylation is 1. The molecule has 1 aromatic rings. The molecule has 2 heteroatoms. The van der Waals surface area contributed by atoms with Gasteiger partial charge < -0.3 is 0 Å². The van der Waals surface area contributed by atoms with Crippen molar-refractivity contribution in [2.75, 3.05) is 0 Å². The highest BCUT2D eigenvalue weighted by Crippen LogP contribution is 2.34. The fourth-order valence-corrected chi connectivity index (χ4v) is 2.80. The number of hydrazine groups is 1. The van der Waals surface area contributed by atoms with Gasteiger partial charge in [-0.2, -0.15) is 0 Å². The van der Waals surface area contributed by atoms with E-state index in [9.17, 15) is 0 Å². The molecule has 2 rings (SSSR count). The third-order valence-corrected chi connectivity index (χ3v) is 3.79. The summed E-state index contributed by atoms with van der Waals surface area (Å²) in [7, 11) is 0. The highest BCUT2D eigenvalue weighted by atomic mass is 15.2.